The van der Waals surface area contributed by atoms with Gasteiger partial charge in [-0.15, -0.1) is 10.2 Å². The Morgan fingerprint density at radius 3 is 2.54 bits per heavy atom. The first kappa shape index (κ1) is 17.7. The molecule has 7 heteroatoms. The van der Waals surface area contributed by atoms with Crippen molar-refractivity contribution in [2.24, 2.45) is 0 Å². The van der Waals surface area contributed by atoms with E-state index in [-0.39, 0.29) is 24.8 Å². The number of benzene rings is 1. The minimum atomic E-state index is -0.225. The molecule has 1 heterocycles. The molecule has 128 valence electrons. The highest BCUT2D eigenvalue weighted by atomic mass is 16.4. The monoisotopic (exact) mass is 330 g/mol. The molecular formula is C17H22N4O3. The molecule has 0 fully saturated rings. The first-order chi connectivity index (χ1) is 11.6. The average Bonchev–Trinajstić information content (AvgIpc) is 3.06. The third-order valence-corrected chi connectivity index (χ3v) is 3.35. The van der Waals surface area contributed by atoms with Crippen LogP contribution in [0.5, 0.6) is 0 Å². The number of rotatable bonds is 8. The van der Waals surface area contributed by atoms with Crippen LogP contribution in [0.15, 0.2) is 28.7 Å². The van der Waals surface area contributed by atoms with Crippen molar-refractivity contribution in [1.82, 2.24) is 20.8 Å². The van der Waals surface area contributed by atoms with Gasteiger partial charge < -0.3 is 15.1 Å². The van der Waals surface area contributed by atoms with Gasteiger partial charge in [0.1, 0.15) is 0 Å². The smallest absolute Gasteiger partial charge is 0.247 e. The van der Waals surface area contributed by atoms with Crippen LogP contribution in [0.3, 0.4) is 0 Å². The van der Waals surface area contributed by atoms with Crippen LogP contribution < -0.4 is 10.6 Å². The summed E-state index contributed by atoms with van der Waals surface area (Å²) in [6.07, 6.45) is 1.39. The van der Waals surface area contributed by atoms with Gasteiger partial charge in [-0.3, -0.25) is 9.59 Å². The fourth-order valence-corrected chi connectivity index (χ4v) is 1.98. The van der Waals surface area contributed by atoms with Gasteiger partial charge in [0, 0.05) is 24.9 Å². The molecule has 2 rings (SSSR count). The molecule has 0 saturated carbocycles. The van der Waals surface area contributed by atoms with Crippen LogP contribution in [-0.2, 0) is 16.0 Å². The number of carbonyl (C=O) groups is 2. The standard InChI is InChI=1S/C17H22N4O3/c1-3-10-18-15(23)11-19-14(22)8-9-16-20-21-17(24-16)13-6-4-12(2)5-7-13/h4-7H,3,8-11H2,1-2H3,(H,18,23)(H,19,22). The van der Waals surface area contributed by atoms with E-state index in [1.54, 1.807) is 0 Å². The molecule has 0 bridgehead atoms. The number of nitrogens with one attached hydrogen (secondary N) is 2. The second-order valence-corrected chi connectivity index (χ2v) is 5.49. The largest absolute Gasteiger partial charge is 0.421 e. The first-order valence-electron chi connectivity index (χ1n) is 8.01. The molecule has 1 aromatic heterocycles. The average molecular weight is 330 g/mol. The van der Waals surface area contributed by atoms with Gasteiger partial charge in [0.2, 0.25) is 23.6 Å². The fraction of sp³-hybridized carbons (Fsp3) is 0.412. The maximum absolute atomic E-state index is 11.7. The summed E-state index contributed by atoms with van der Waals surface area (Å²) in [6.45, 7) is 4.56. The van der Waals surface area contributed by atoms with Crippen molar-refractivity contribution in [2.45, 2.75) is 33.1 Å². The Labute approximate surface area is 140 Å². The summed E-state index contributed by atoms with van der Waals surface area (Å²) in [6, 6.07) is 7.76. The molecule has 1 aromatic carbocycles. The van der Waals surface area contributed by atoms with Gasteiger partial charge in [-0.2, -0.15) is 0 Å². The van der Waals surface area contributed by atoms with E-state index in [0.717, 1.165) is 17.5 Å². The molecule has 0 aliphatic heterocycles. The molecule has 24 heavy (non-hydrogen) atoms. The predicted octanol–water partition coefficient (Wildman–Crippen LogP) is 1.62. The van der Waals surface area contributed by atoms with E-state index in [2.05, 4.69) is 20.8 Å². The van der Waals surface area contributed by atoms with E-state index in [4.69, 9.17) is 4.42 Å². The van der Waals surface area contributed by atoms with Crippen molar-refractivity contribution in [1.29, 1.82) is 0 Å². The molecule has 0 saturated heterocycles. The van der Waals surface area contributed by atoms with Crippen LogP contribution in [0, 0.1) is 6.92 Å². The Morgan fingerprint density at radius 1 is 1.08 bits per heavy atom. The van der Waals surface area contributed by atoms with E-state index in [9.17, 15) is 9.59 Å². The molecule has 0 radical (unpaired) electrons. The Balaban J connectivity index is 1.77. The Hall–Kier alpha value is -2.70. The number of carbonyl (C=O) groups excluding carboxylic acids is 2. The Kier molecular flexibility index (Phi) is 6.48. The zero-order valence-electron chi connectivity index (χ0n) is 14.0. The van der Waals surface area contributed by atoms with Crippen LogP contribution in [0.25, 0.3) is 11.5 Å². The minimum absolute atomic E-state index is 0.0166. The van der Waals surface area contributed by atoms with Gasteiger partial charge in [0.25, 0.3) is 0 Å². The SMILES string of the molecule is CCCNC(=O)CNC(=O)CCc1nnc(-c2ccc(C)cc2)o1. The van der Waals surface area contributed by atoms with Crippen LogP contribution in [-0.4, -0.2) is 35.1 Å². The molecule has 2 aromatic rings. The number of hydrogen-bond donors (Lipinski definition) is 2. The summed E-state index contributed by atoms with van der Waals surface area (Å²) < 4.78 is 5.56. The molecule has 2 amide bonds. The van der Waals surface area contributed by atoms with Gasteiger partial charge in [-0.1, -0.05) is 24.6 Å². The molecule has 0 spiro atoms. The van der Waals surface area contributed by atoms with Crippen LogP contribution >= 0.6 is 0 Å². The van der Waals surface area contributed by atoms with E-state index < -0.39 is 0 Å². The molecule has 0 atom stereocenters. The van der Waals surface area contributed by atoms with Crippen molar-refractivity contribution in [3.8, 4) is 11.5 Å². The number of nitrogens with zero attached hydrogens (tertiary/aromatic N) is 2. The highest BCUT2D eigenvalue weighted by molar-refractivity contribution is 5.84. The predicted molar refractivity (Wildman–Crippen MR) is 89.1 cm³/mol. The van der Waals surface area contributed by atoms with Crippen LogP contribution in [0.1, 0.15) is 31.2 Å². The molecular weight excluding hydrogens is 308 g/mol. The number of hydrogen-bond acceptors (Lipinski definition) is 5. The van der Waals surface area contributed by atoms with E-state index >= 15 is 0 Å². The maximum Gasteiger partial charge on any atom is 0.247 e. The highest BCUT2D eigenvalue weighted by Crippen LogP contribution is 2.18. The number of aromatic nitrogens is 2. The summed E-state index contributed by atoms with van der Waals surface area (Å²) in [5.41, 5.74) is 1.99. The summed E-state index contributed by atoms with van der Waals surface area (Å²) in [7, 11) is 0. The van der Waals surface area contributed by atoms with E-state index in [0.29, 0.717) is 24.7 Å². The maximum atomic E-state index is 11.7. The Bertz CT molecular complexity index is 679. The van der Waals surface area contributed by atoms with Gasteiger partial charge in [-0.05, 0) is 25.5 Å². The van der Waals surface area contributed by atoms with Crippen LogP contribution in [0.2, 0.25) is 0 Å². The lowest BCUT2D eigenvalue weighted by Crippen LogP contribution is -2.37. The van der Waals surface area contributed by atoms with Crippen molar-refractivity contribution in [2.75, 3.05) is 13.1 Å². The van der Waals surface area contributed by atoms with Crippen LogP contribution in [0.4, 0.5) is 0 Å². The van der Waals surface area contributed by atoms with E-state index in [1.165, 1.54) is 0 Å². The molecule has 0 aliphatic rings. The van der Waals surface area contributed by atoms with Crippen molar-refractivity contribution in [3.05, 3.63) is 35.7 Å². The summed E-state index contributed by atoms with van der Waals surface area (Å²) in [4.78, 5) is 23.1. The number of aryl methyl sites for hydroxylation is 2. The topological polar surface area (TPSA) is 97.1 Å². The summed E-state index contributed by atoms with van der Waals surface area (Å²) in [5, 5.41) is 13.2. The zero-order chi connectivity index (χ0) is 17.4. The van der Waals surface area contributed by atoms with Gasteiger partial charge in [-0.25, -0.2) is 0 Å². The van der Waals surface area contributed by atoms with E-state index in [1.807, 2.05) is 38.1 Å². The second-order valence-electron chi connectivity index (χ2n) is 5.49. The first-order valence-corrected chi connectivity index (χ1v) is 8.01. The van der Waals surface area contributed by atoms with Crippen molar-refractivity contribution in [3.63, 3.8) is 0 Å². The zero-order valence-corrected chi connectivity index (χ0v) is 14.0. The van der Waals surface area contributed by atoms with Crippen molar-refractivity contribution >= 4 is 11.8 Å². The third-order valence-electron chi connectivity index (χ3n) is 3.35. The second kappa shape index (κ2) is 8.81. The lowest BCUT2D eigenvalue weighted by atomic mass is 10.1. The van der Waals surface area contributed by atoms with Gasteiger partial charge >= 0.3 is 0 Å². The number of amides is 2. The summed E-state index contributed by atoms with van der Waals surface area (Å²) >= 11 is 0. The minimum Gasteiger partial charge on any atom is -0.421 e. The molecule has 0 aliphatic carbocycles. The normalized spacial score (nSPS) is 10.4. The molecule has 7 nitrogen and oxygen atoms in total. The third kappa shape index (κ3) is 5.49. The lowest BCUT2D eigenvalue weighted by molar-refractivity contribution is -0.126. The fourth-order valence-electron chi connectivity index (χ4n) is 1.98. The van der Waals surface area contributed by atoms with Gasteiger partial charge in [0.15, 0.2) is 0 Å². The Morgan fingerprint density at radius 2 is 1.83 bits per heavy atom. The molecule has 0 unspecified atom stereocenters. The van der Waals surface area contributed by atoms with Crippen molar-refractivity contribution < 1.29 is 14.0 Å². The molecule has 2 N–H and O–H groups in total. The van der Waals surface area contributed by atoms with Gasteiger partial charge in [0.05, 0.1) is 6.54 Å². The lowest BCUT2D eigenvalue weighted by Gasteiger charge is -2.05. The quantitative estimate of drug-likeness (QED) is 0.766. The summed E-state index contributed by atoms with van der Waals surface area (Å²) in [5.74, 6) is 0.418. The highest BCUT2D eigenvalue weighted by Gasteiger charge is 2.11.